The average Bonchev–Trinajstić information content (AvgIpc) is 3.00. The van der Waals surface area contributed by atoms with Gasteiger partial charge in [0.2, 0.25) is 0 Å². The van der Waals surface area contributed by atoms with Crippen molar-refractivity contribution in [3.63, 3.8) is 0 Å². The predicted molar refractivity (Wildman–Crippen MR) is 72.7 cm³/mol. The highest BCUT2D eigenvalue weighted by molar-refractivity contribution is 7.14. The Morgan fingerprint density at radius 3 is 3.06 bits per heavy atom. The fourth-order valence-electron chi connectivity index (χ4n) is 1.95. The Hall–Kier alpha value is -1.31. The minimum atomic E-state index is -0.154. The highest BCUT2D eigenvalue weighted by Crippen LogP contribution is 2.33. The molecule has 0 radical (unpaired) electrons. The lowest BCUT2D eigenvalue weighted by Gasteiger charge is -2.00. The molecule has 1 saturated carbocycles. The van der Waals surface area contributed by atoms with E-state index in [9.17, 15) is 4.79 Å². The Bertz CT molecular complexity index is 510. The molecular formula is C14H17NO2S. The number of hydrogen-bond donors (Lipinski definition) is 2. The summed E-state index contributed by atoms with van der Waals surface area (Å²) in [6.45, 7) is 3.93. The van der Waals surface area contributed by atoms with Crippen LogP contribution in [0.4, 0.5) is 0 Å². The van der Waals surface area contributed by atoms with E-state index in [1.807, 2.05) is 13.0 Å². The molecule has 2 rings (SSSR count). The third kappa shape index (κ3) is 2.92. The van der Waals surface area contributed by atoms with Crippen molar-refractivity contribution in [2.24, 2.45) is 5.92 Å². The molecule has 18 heavy (non-hydrogen) atoms. The summed E-state index contributed by atoms with van der Waals surface area (Å²) in [5, 5.41) is 11.7. The number of rotatable bonds is 3. The maximum atomic E-state index is 12.0. The normalized spacial score (nSPS) is 21.1. The smallest absolute Gasteiger partial charge is 0.261 e. The molecule has 1 aromatic heterocycles. The van der Waals surface area contributed by atoms with Gasteiger partial charge in [0.25, 0.3) is 5.91 Å². The van der Waals surface area contributed by atoms with Crippen LogP contribution in [0, 0.1) is 24.7 Å². The van der Waals surface area contributed by atoms with Crippen molar-refractivity contribution >= 4 is 17.2 Å². The van der Waals surface area contributed by atoms with E-state index in [-0.39, 0.29) is 12.5 Å². The molecule has 2 unspecified atom stereocenters. The van der Waals surface area contributed by atoms with Gasteiger partial charge in [-0.3, -0.25) is 4.79 Å². The second-order valence-electron chi connectivity index (χ2n) is 4.57. The van der Waals surface area contributed by atoms with Crippen LogP contribution in [0.15, 0.2) is 6.07 Å². The van der Waals surface area contributed by atoms with Gasteiger partial charge in [-0.15, -0.1) is 11.3 Å². The zero-order chi connectivity index (χ0) is 13.1. The predicted octanol–water partition coefficient (Wildman–Crippen LogP) is 1.93. The SMILES string of the molecule is CCC1CC1NC(=O)c1cc(C)c(C#CCO)s1. The molecule has 1 amide bonds. The van der Waals surface area contributed by atoms with E-state index in [2.05, 4.69) is 24.1 Å². The van der Waals surface area contributed by atoms with Crippen LogP contribution >= 0.6 is 11.3 Å². The van der Waals surface area contributed by atoms with Crippen molar-refractivity contribution in [1.29, 1.82) is 0 Å². The molecule has 1 fully saturated rings. The first kappa shape index (κ1) is 13.1. The van der Waals surface area contributed by atoms with Crippen LogP contribution in [-0.4, -0.2) is 23.7 Å². The van der Waals surface area contributed by atoms with Crippen molar-refractivity contribution in [1.82, 2.24) is 5.32 Å². The van der Waals surface area contributed by atoms with Gasteiger partial charge < -0.3 is 10.4 Å². The van der Waals surface area contributed by atoms with Gasteiger partial charge in [-0.25, -0.2) is 0 Å². The van der Waals surface area contributed by atoms with E-state index < -0.39 is 0 Å². The summed E-state index contributed by atoms with van der Waals surface area (Å²) in [6, 6.07) is 2.22. The molecular weight excluding hydrogens is 246 g/mol. The number of hydrogen-bond acceptors (Lipinski definition) is 3. The minimum Gasteiger partial charge on any atom is -0.384 e. The van der Waals surface area contributed by atoms with Gasteiger partial charge in [0.15, 0.2) is 0 Å². The largest absolute Gasteiger partial charge is 0.384 e. The molecule has 3 nitrogen and oxygen atoms in total. The maximum Gasteiger partial charge on any atom is 0.261 e. The van der Waals surface area contributed by atoms with E-state index in [4.69, 9.17) is 5.11 Å². The van der Waals surface area contributed by atoms with Crippen molar-refractivity contribution < 1.29 is 9.90 Å². The third-order valence-electron chi connectivity index (χ3n) is 3.19. The second kappa shape index (κ2) is 5.55. The maximum absolute atomic E-state index is 12.0. The van der Waals surface area contributed by atoms with Crippen LogP contribution in [-0.2, 0) is 0 Å². The number of nitrogens with one attached hydrogen (secondary N) is 1. The molecule has 1 aromatic rings. The summed E-state index contributed by atoms with van der Waals surface area (Å²) in [5.74, 6) is 6.13. The fraction of sp³-hybridized carbons (Fsp3) is 0.500. The van der Waals surface area contributed by atoms with Gasteiger partial charge in [0.1, 0.15) is 6.61 Å². The van der Waals surface area contributed by atoms with Crippen molar-refractivity contribution in [2.75, 3.05) is 6.61 Å². The van der Waals surface area contributed by atoms with Gasteiger partial charge in [0.05, 0.1) is 9.75 Å². The molecule has 0 saturated heterocycles. The molecule has 1 aliphatic carbocycles. The fourth-order valence-corrected chi connectivity index (χ4v) is 2.90. The van der Waals surface area contributed by atoms with Crippen LogP contribution in [0.2, 0.25) is 0 Å². The van der Waals surface area contributed by atoms with Crippen LogP contribution < -0.4 is 5.32 Å². The van der Waals surface area contributed by atoms with Crippen LogP contribution in [0.5, 0.6) is 0 Å². The van der Waals surface area contributed by atoms with E-state index in [1.54, 1.807) is 0 Å². The molecule has 2 atom stereocenters. The molecule has 1 heterocycles. The van der Waals surface area contributed by atoms with E-state index in [0.717, 1.165) is 23.3 Å². The Kier molecular flexibility index (Phi) is 4.05. The molecule has 4 heteroatoms. The number of amides is 1. The van der Waals surface area contributed by atoms with E-state index in [0.29, 0.717) is 16.8 Å². The number of aliphatic hydroxyl groups is 1. The first-order chi connectivity index (χ1) is 8.65. The summed E-state index contributed by atoms with van der Waals surface area (Å²) in [6.07, 6.45) is 2.23. The Morgan fingerprint density at radius 1 is 1.67 bits per heavy atom. The Balaban J connectivity index is 2.02. The van der Waals surface area contributed by atoms with Gasteiger partial charge in [-0.2, -0.15) is 0 Å². The van der Waals surface area contributed by atoms with Crippen LogP contribution in [0.1, 0.15) is 39.9 Å². The molecule has 0 aromatic carbocycles. The van der Waals surface area contributed by atoms with Crippen molar-refractivity contribution in [3.8, 4) is 11.8 Å². The average molecular weight is 263 g/mol. The number of carbonyl (C=O) groups excluding carboxylic acids is 1. The van der Waals surface area contributed by atoms with Gasteiger partial charge in [0, 0.05) is 6.04 Å². The highest BCUT2D eigenvalue weighted by Gasteiger charge is 2.36. The monoisotopic (exact) mass is 263 g/mol. The molecule has 0 bridgehead atoms. The minimum absolute atomic E-state index is 0.00102. The van der Waals surface area contributed by atoms with Gasteiger partial charge in [-0.1, -0.05) is 25.2 Å². The molecule has 0 spiro atoms. The lowest BCUT2D eigenvalue weighted by Crippen LogP contribution is -2.25. The quantitative estimate of drug-likeness (QED) is 0.819. The lowest BCUT2D eigenvalue weighted by atomic mass is 10.2. The first-order valence-corrected chi connectivity index (χ1v) is 6.98. The van der Waals surface area contributed by atoms with Gasteiger partial charge >= 0.3 is 0 Å². The Labute approximate surface area is 111 Å². The zero-order valence-electron chi connectivity index (χ0n) is 10.6. The van der Waals surface area contributed by atoms with Crippen molar-refractivity contribution in [2.45, 2.75) is 32.7 Å². The third-order valence-corrected chi connectivity index (χ3v) is 4.34. The second-order valence-corrected chi connectivity index (χ2v) is 5.62. The van der Waals surface area contributed by atoms with Crippen LogP contribution in [0.25, 0.3) is 0 Å². The highest BCUT2D eigenvalue weighted by atomic mass is 32.1. The van der Waals surface area contributed by atoms with Gasteiger partial charge in [-0.05, 0) is 30.9 Å². The Morgan fingerprint density at radius 2 is 2.44 bits per heavy atom. The summed E-state index contributed by atoms with van der Waals surface area (Å²) < 4.78 is 0. The summed E-state index contributed by atoms with van der Waals surface area (Å²) in [7, 11) is 0. The number of carbonyl (C=O) groups is 1. The van der Waals surface area contributed by atoms with Crippen molar-refractivity contribution in [3.05, 3.63) is 21.4 Å². The lowest BCUT2D eigenvalue weighted by molar-refractivity contribution is 0.0953. The number of aryl methyl sites for hydroxylation is 1. The first-order valence-electron chi connectivity index (χ1n) is 6.16. The van der Waals surface area contributed by atoms with E-state index >= 15 is 0 Å². The van der Waals surface area contributed by atoms with E-state index in [1.165, 1.54) is 11.3 Å². The molecule has 2 N–H and O–H groups in total. The molecule has 96 valence electrons. The summed E-state index contributed by atoms with van der Waals surface area (Å²) >= 11 is 1.39. The standard InChI is InChI=1S/C14H17NO2S/c1-3-10-8-11(10)15-14(17)13-7-9(2)12(18-13)5-4-6-16/h7,10-11,16H,3,6,8H2,1-2H3,(H,15,17). The van der Waals surface area contributed by atoms with Crippen LogP contribution in [0.3, 0.4) is 0 Å². The zero-order valence-corrected chi connectivity index (χ0v) is 11.4. The topological polar surface area (TPSA) is 49.3 Å². The number of thiophene rings is 1. The number of aliphatic hydroxyl groups excluding tert-OH is 1. The summed E-state index contributed by atoms with van der Waals surface area (Å²) in [4.78, 5) is 13.6. The molecule has 0 aliphatic heterocycles. The molecule has 1 aliphatic rings. The summed E-state index contributed by atoms with van der Waals surface area (Å²) in [5.41, 5.74) is 0.994.